The van der Waals surface area contributed by atoms with Crippen molar-refractivity contribution in [2.45, 2.75) is 90.0 Å². The van der Waals surface area contributed by atoms with Crippen LogP contribution in [0.25, 0.3) is 42.5 Å². The maximum absolute atomic E-state index is 13.5. The molecule has 5 N–H and O–H groups in total. The highest BCUT2D eigenvalue weighted by atomic mass is 32.1. The number of nitrogens with zero attached hydrogens (tertiary/aromatic N) is 3. The second-order valence-corrected chi connectivity index (χ2v) is 19.0. The van der Waals surface area contributed by atoms with Gasteiger partial charge in [0.2, 0.25) is 0 Å². The molecule has 1 amide bonds. The van der Waals surface area contributed by atoms with Gasteiger partial charge in [-0.25, -0.2) is 4.98 Å². The highest BCUT2D eigenvalue weighted by Crippen LogP contribution is 2.36. The summed E-state index contributed by atoms with van der Waals surface area (Å²) < 4.78 is 8.43. The topological polar surface area (TPSA) is 109 Å². The highest BCUT2D eigenvalue weighted by Gasteiger charge is 2.33. The lowest BCUT2D eigenvalue weighted by molar-refractivity contribution is 0.0938. The molecule has 2 saturated heterocycles. The van der Waals surface area contributed by atoms with Crippen LogP contribution in [0.5, 0.6) is 0 Å². The minimum absolute atomic E-state index is 0.0915. The van der Waals surface area contributed by atoms with Gasteiger partial charge in [0, 0.05) is 101 Å². The number of hydrogen-bond acceptors (Lipinski definition) is 9. The first-order valence-electron chi connectivity index (χ1n) is 21.9. The van der Waals surface area contributed by atoms with Crippen LogP contribution in [-0.4, -0.2) is 66.4 Å². The fraction of sp³-hybridized carbons (Fsp3) is 0.388. The number of nitrogens with one attached hydrogen (secondary N) is 3. The Hall–Kier alpha value is -4.78. The second kappa shape index (κ2) is 16.9. The summed E-state index contributed by atoms with van der Waals surface area (Å²) in [5, 5.41) is 16.3. The van der Waals surface area contributed by atoms with Crippen LogP contribution >= 0.6 is 22.7 Å². The van der Waals surface area contributed by atoms with Crippen LogP contribution in [0.4, 0.5) is 11.4 Å². The third-order valence-electron chi connectivity index (χ3n) is 12.9. The Balaban J connectivity index is 0.677. The number of thiophene rings is 2. The Morgan fingerprint density at radius 3 is 2.63 bits per heavy atom. The molecule has 0 radical (unpaired) electrons. The van der Waals surface area contributed by atoms with Crippen LogP contribution in [0.15, 0.2) is 78.2 Å². The number of aromatic nitrogens is 2. The summed E-state index contributed by atoms with van der Waals surface area (Å²) in [5.41, 5.74) is 18.6. The van der Waals surface area contributed by atoms with Crippen molar-refractivity contribution in [3.63, 3.8) is 0 Å². The van der Waals surface area contributed by atoms with Crippen molar-refractivity contribution in [3.8, 4) is 10.4 Å². The monoisotopic (exact) mass is 837 g/mol. The van der Waals surface area contributed by atoms with E-state index < -0.39 is 0 Å². The van der Waals surface area contributed by atoms with Gasteiger partial charge in [0.1, 0.15) is 9.71 Å². The molecular weight excluding hydrogens is 783 g/mol. The molecule has 10 rings (SSSR count). The predicted octanol–water partition coefficient (Wildman–Crippen LogP) is 9.01. The lowest BCUT2D eigenvalue weighted by Crippen LogP contribution is -2.51. The number of amides is 1. The quantitative estimate of drug-likeness (QED) is 0.0811. The Bertz CT molecular complexity index is 2690. The average Bonchev–Trinajstić information content (AvgIpc) is 4.03. The fourth-order valence-corrected chi connectivity index (χ4v) is 11.7. The molecule has 9 nitrogen and oxygen atoms in total. The molecule has 6 heterocycles. The number of hydrogen-bond donors (Lipinski definition) is 4. The van der Waals surface area contributed by atoms with E-state index in [1.165, 1.54) is 84.4 Å². The van der Waals surface area contributed by atoms with Crippen molar-refractivity contribution >= 4 is 72.0 Å². The summed E-state index contributed by atoms with van der Waals surface area (Å²) in [6, 6.07) is 28.4. The molecule has 310 valence electrons. The summed E-state index contributed by atoms with van der Waals surface area (Å²) in [4.78, 5) is 23.7. The number of carbonyl (C=O) groups excluding carboxylic acids is 1. The number of fused-ring (bicyclic) bond motifs is 7. The first-order valence-corrected chi connectivity index (χ1v) is 23.6. The Labute approximate surface area is 360 Å². The largest absolute Gasteiger partial charge is 0.397 e. The third kappa shape index (κ3) is 7.94. The van der Waals surface area contributed by atoms with E-state index in [4.69, 9.17) is 15.5 Å². The standard InChI is InChI=1S/C49H55N7O2S2/c1-3-56-43-17-6-31(22-42(43)40-15-9-34(25-44(40)56)45-21-30(2)29-59-45)26-51-18-20-58-19-4-5-35-13-16-41-46(50)47(60-49(41)54-35)48(57)53-36-10-7-33-24-39(14-8-32(33)23-36)55-27-37-11-12-38(28-55)52-37/h6,8-9,13-17,21-22,24-25,29,36-38,51-52H,3-5,7,10-12,18-20,23,26-28,50H2,1-2H3,(H,53,57)/t36?,37-,38+. The second-order valence-electron chi connectivity index (χ2n) is 17.1. The highest BCUT2D eigenvalue weighted by molar-refractivity contribution is 7.21. The average molecular weight is 838 g/mol. The smallest absolute Gasteiger partial charge is 0.263 e. The lowest BCUT2D eigenvalue weighted by Gasteiger charge is -2.35. The number of aryl methyl sites for hydroxylation is 4. The van der Waals surface area contributed by atoms with Gasteiger partial charge in [-0.1, -0.05) is 24.3 Å². The van der Waals surface area contributed by atoms with E-state index in [0.29, 0.717) is 35.9 Å². The number of anilines is 2. The van der Waals surface area contributed by atoms with Gasteiger partial charge in [-0.3, -0.25) is 4.79 Å². The molecule has 0 spiro atoms. The number of piperazine rings is 1. The number of rotatable bonds is 14. The number of ether oxygens (including phenoxy) is 1. The van der Waals surface area contributed by atoms with Crippen molar-refractivity contribution in [1.29, 1.82) is 0 Å². The van der Waals surface area contributed by atoms with Crippen molar-refractivity contribution in [2.24, 2.45) is 0 Å². The number of carbonyl (C=O) groups is 1. The van der Waals surface area contributed by atoms with E-state index in [2.05, 4.69) is 105 Å². The van der Waals surface area contributed by atoms with E-state index in [0.717, 1.165) is 80.7 Å². The summed E-state index contributed by atoms with van der Waals surface area (Å²) >= 11 is 3.21. The molecule has 4 aromatic heterocycles. The molecule has 60 heavy (non-hydrogen) atoms. The number of nitrogens with two attached hydrogens (primary N) is 1. The minimum Gasteiger partial charge on any atom is -0.397 e. The molecule has 1 aliphatic carbocycles. The summed E-state index contributed by atoms with van der Waals surface area (Å²) in [6.07, 6.45) is 7.01. The molecule has 3 aliphatic rings. The van der Waals surface area contributed by atoms with Gasteiger partial charge in [-0.2, -0.15) is 0 Å². The van der Waals surface area contributed by atoms with Crippen LogP contribution in [0.2, 0.25) is 0 Å². The van der Waals surface area contributed by atoms with Gasteiger partial charge in [0.15, 0.2) is 0 Å². The number of benzene rings is 3. The van der Waals surface area contributed by atoms with Crippen LogP contribution < -0.4 is 26.6 Å². The van der Waals surface area contributed by atoms with Crippen LogP contribution in [0, 0.1) is 6.92 Å². The van der Waals surface area contributed by atoms with E-state index in [9.17, 15) is 4.79 Å². The molecule has 11 heteroatoms. The first-order chi connectivity index (χ1) is 29.4. The van der Waals surface area contributed by atoms with E-state index in [1.807, 2.05) is 23.5 Å². The van der Waals surface area contributed by atoms with Gasteiger partial charge < -0.3 is 35.9 Å². The normalized spacial score (nSPS) is 18.8. The SMILES string of the molecule is CCn1c2ccc(CNCCOCCCc3ccc4c(N)c(C(=O)NC5CCc6cc(N7C[C@H]8CC[C@@H](C7)N8)ccc6C5)sc4n3)cc2c2ccc(-c3cc(C)cs3)cc21. The summed E-state index contributed by atoms with van der Waals surface area (Å²) in [7, 11) is 0. The molecule has 2 bridgehead atoms. The Morgan fingerprint density at radius 1 is 0.933 bits per heavy atom. The van der Waals surface area contributed by atoms with Crippen LogP contribution in [0.1, 0.15) is 70.2 Å². The molecule has 3 aromatic carbocycles. The Morgan fingerprint density at radius 2 is 1.80 bits per heavy atom. The minimum atomic E-state index is -0.0938. The molecule has 7 aromatic rings. The van der Waals surface area contributed by atoms with E-state index >= 15 is 0 Å². The third-order valence-corrected chi connectivity index (χ3v) is 15.1. The molecule has 2 fully saturated rings. The maximum Gasteiger partial charge on any atom is 0.263 e. The van der Waals surface area contributed by atoms with E-state index in [1.54, 1.807) is 0 Å². The Kier molecular flexibility index (Phi) is 11.1. The number of nitrogen functional groups attached to an aromatic ring is 1. The molecule has 1 unspecified atom stereocenters. The van der Waals surface area contributed by atoms with Crippen molar-refractivity contribution in [2.75, 3.05) is 43.5 Å². The van der Waals surface area contributed by atoms with Crippen molar-refractivity contribution in [3.05, 3.63) is 111 Å². The summed E-state index contributed by atoms with van der Waals surface area (Å²) in [5.74, 6) is -0.0938. The van der Waals surface area contributed by atoms with Crippen molar-refractivity contribution < 1.29 is 9.53 Å². The van der Waals surface area contributed by atoms with Gasteiger partial charge in [-0.15, -0.1) is 22.7 Å². The zero-order chi connectivity index (χ0) is 40.7. The molecule has 3 atom stereocenters. The van der Waals surface area contributed by atoms with Crippen LogP contribution in [0.3, 0.4) is 0 Å². The lowest BCUT2D eigenvalue weighted by atomic mass is 9.87. The van der Waals surface area contributed by atoms with E-state index in [-0.39, 0.29) is 11.9 Å². The van der Waals surface area contributed by atoms with Gasteiger partial charge in [-0.05, 0) is 141 Å². The van der Waals surface area contributed by atoms with Crippen molar-refractivity contribution in [1.82, 2.24) is 25.5 Å². The van der Waals surface area contributed by atoms with Crippen LogP contribution in [-0.2, 0) is 37.1 Å². The zero-order valence-corrected chi connectivity index (χ0v) is 36.3. The molecular formula is C49H55N7O2S2. The van der Waals surface area contributed by atoms with Gasteiger partial charge in [0.25, 0.3) is 5.91 Å². The summed E-state index contributed by atoms with van der Waals surface area (Å²) in [6.45, 7) is 10.4. The van der Waals surface area contributed by atoms with Gasteiger partial charge in [0.05, 0.1) is 12.3 Å². The maximum atomic E-state index is 13.5. The number of pyridine rings is 1. The van der Waals surface area contributed by atoms with Gasteiger partial charge >= 0.3 is 0 Å². The zero-order valence-electron chi connectivity index (χ0n) is 34.7. The fourth-order valence-electron chi connectivity index (χ4n) is 9.83. The molecule has 0 saturated carbocycles. The first kappa shape index (κ1) is 39.4. The molecule has 2 aliphatic heterocycles. The predicted molar refractivity (Wildman–Crippen MR) is 250 cm³/mol.